The number of para-hydroxylation sites is 1. The number of amides is 1. The number of hydrogen-bond acceptors (Lipinski definition) is 7. The molecule has 0 fully saturated rings. The van der Waals surface area contributed by atoms with Crippen LogP contribution in [0.2, 0.25) is 0 Å². The van der Waals surface area contributed by atoms with Crippen LogP contribution in [0, 0.1) is 10.1 Å². The number of nitro groups is 1. The maximum atomic E-state index is 13.4. The Balaban J connectivity index is 1.79. The zero-order valence-corrected chi connectivity index (χ0v) is 17.5. The van der Waals surface area contributed by atoms with Gasteiger partial charge in [-0.2, -0.15) is 0 Å². The molecule has 4 rings (SSSR count). The maximum Gasteiger partial charge on any atom is 0.270 e. The molecular formula is C21H16N4O3S2. The lowest BCUT2D eigenvalue weighted by Gasteiger charge is -2.20. The molecule has 0 aliphatic carbocycles. The van der Waals surface area contributed by atoms with E-state index in [1.807, 2.05) is 30.5 Å². The Hall–Kier alpha value is -3.30. The van der Waals surface area contributed by atoms with Crippen LogP contribution in [-0.4, -0.2) is 27.1 Å². The third-order valence-electron chi connectivity index (χ3n) is 4.43. The number of pyridine rings is 1. The van der Waals surface area contributed by atoms with Gasteiger partial charge in [0.2, 0.25) is 0 Å². The van der Waals surface area contributed by atoms with E-state index in [1.165, 1.54) is 29.5 Å². The second-order valence-electron chi connectivity index (χ2n) is 6.36. The number of non-ortho nitro benzene ring substituents is 1. The summed E-state index contributed by atoms with van der Waals surface area (Å²) in [6, 6.07) is 15.3. The number of carbonyl (C=O) groups excluding carboxylic acids is 1. The van der Waals surface area contributed by atoms with Gasteiger partial charge in [-0.3, -0.25) is 24.8 Å². The largest absolute Gasteiger partial charge is 0.279 e. The highest BCUT2D eigenvalue weighted by atomic mass is 32.2. The second-order valence-corrected chi connectivity index (χ2v) is 8.22. The van der Waals surface area contributed by atoms with Crippen LogP contribution in [0.5, 0.6) is 0 Å². The maximum absolute atomic E-state index is 13.4. The molecule has 0 saturated heterocycles. The summed E-state index contributed by atoms with van der Waals surface area (Å²) in [6.07, 6.45) is 5.34. The highest BCUT2D eigenvalue weighted by Crippen LogP contribution is 2.35. The van der Waals surface area contributed by atoms with Crippen molar-refractivity contribution in [1.29, 1.82) is 0 Å². The summed E-state index contributed by atoms with van der Waals surface area (Å²) in [5.41, 5.74) is 1.78. The van der Waals surface area contributed by atoms with Crippen molar-refractivity contribution in [2.24, 2.45) is 0 Å². The summed E-state index contributed by atoms with van der Waals surface area (Å²) in [5.74, 6) is -0.354. The first-order valence-corrected chi connectivity index (χ1v) is 11.0. The molecule has 4 aromatic rings. The van der Waals surface area contributed by atoms with Crippen LogP contribution >= 0.6 is 23.1 Å². The normalized spacial score (nSPS) is 10.8. The monoisotopic (exact) mass is 436 g/mol. The van der Waals surface area contributed by atoms with Gasteiger partial charge < -0.3 is 0 Å². The molecule has 0 atom stereocenters. The Kier molecular flexibility index (Phi) is 5.73. The lowest BCUT2D eigenvalue weighted by Crippen LogP contribution is -2.30. The van der Waals surface area contributed by atoms with Crippen LogP contribution in [0.1, 0.15) is 15.9 Å². The Morgan fingerprint density at radius 1 is 1.20 bits per heavy atom. The molecule has 0 radical (unpaired) electrons. The molecule has 0 unspecified atom stereocenters. The lowest BCUT2D eigenvalue weighted by molar-refractivity contribution is -0.384. The predicted molar refractivity (Wildman–Crippen MR) is 119 cm³/mol. The van der Waals surface area contributed by atoms with Gasteiger partial charge >= 0.3 is 0 Å². The molecule has 150 valence electrons. The first kappa shape index (κ1) is 20.0. The topological polar surface area (TPSA) is 89.2 Å². The summed E-state index contributed by atoms with van der Waals surface area (Å²) >= 11 is 3.01. The molecular weight excluding hydrogens is 420 g/mol. The van der Waals surface area contributed by atoms with Crippen molar-refractivity contribution in [3.05, 3.63) is 88.2 Å². The van der Waals surface area contributed by atoms with Gasteiger partial charge in [0.1, 0.15) is 0 Å². The number of fused-ring (bicyclic) bond motifs is 1. The van der Waals surface area contributed by atoms with Crippen LogP contribution in [0.25, 0.3) is 10.2 Å². The van der Waals surface area contributed by atoms with Crippen molar-refractivity contribution >= 4 is 50.0 Å². The number of thiazole rings is 1. The van der Waals surface area contributed by atoms with E-state index in [1.54, 1.807) is 41.2 Å². The molecule has 0 bridgehead atoms. The smallest absolute Gasteiger partial charge is 0.270 e. The van der Waals surface area contributed by atoms with E-state index in [2.05, 4.69) is 4.98 Å². The van der Waals surface area contributed by atoms with E-state index in [-0.39, 0.29) is 23.7 Å². The summed E-state index contributed by atoms with van der Waals surface area (Å²) in [6.45, 7) is 0.254. The highest BCUT2D eigenvalue weighted by molar-refractivity contribution is 7.98. The lowest BCUT2D eigenvalue weighted by atomic mass is 10.1. The molecule has 0 spiro atoms. The minimum absolute atomic E-state index is 0.129. The molecule has 2 aromatic carbocycles. The molecule has 2 heterocycles. The number of thioether (sulfide) groups is 1. The molecule has 0 aliphatic heterocycles. The van der Waals surface area contributed by atoms with Gasteiger partial charge in [-0.15, -0.1) is 11.8 Å². The third kappa shape index (κ3) is 4.03. The molecule has 1 amide bonds. The predicted octanol–water partition coefficient (Wildman–Crippen LogP) is 5.17. The number of hydrogen-bond donors (Lipinski definition) is 0. The van der Waals surface area contributed by atoms with E-state index in [0.717, 1.165) is 20.7 Å². The zero-order valence-electron chi connectivity index (χ0n) is 15.9. The molecule has 0 aliphatic rings. The molecule has 2 aromatic heterocycles. The Morgan fingerprint density at radius 2 is 2.03 bits per heavy atom. The van der Waals surface area contributed by atoms with Crippen molar-refractivity contribution in [3.63, 3.8) is 0 Å². The average molecular weight is 437 g/mol. The van der Waals surface area contributed by atoms with E-state index >= 15 is 0 Å². The van der Waals surface area contributed by atoms with Gasteiger partial charge in [0.25, 0.3) is 11.6 Å². The fourth-order valence-electron chi connectivity index (χ4n) is 3.00. The molecule has 0 saturated carbocycles. The Morgan fingerprint density at radius 3 is 2.77 bits per heavy atom. The summed E-state index contributed by atoms with van der Waals surface area (Å²) < 4.78 is 0.972. The van der Waals surface area contributed by atoms with Gasteiger partial charge in [0, 0.05) is 35.0 Å². The molecule has 30 heavy (non-hydrogen) atoms. The van der Waals surface area contributed by atoms with Crippen LogP contribution in [0.4, 0.5) is 10.8 Å². The van der Waals surface area contributed by atoms with Crippen molar-refractivity contribution < 1.29 is 9.72 Å². The second kappa shape index (κ2) is 8.60. The van der Waals surface area contributed by atoms with Crippen LogP contribution in [0.3, 0.4) is 0 Å². The van der Waals surface area contributed by atoms with Gasteiger partial charge in [0.05, 0.1) is 21.7 Å². The number of carbonyl (C=O) groups is 1. The van der Waals surface area contributed by atoms with Gasteiger partial charge in [0.15, 0.2) is 5.13 Å². The third-order valence-corrected chi connectivity index (χ3v) is 6.25. The number of nitro benzene ring substituents is 1. The van der Waals surface area contributed by atoms with Crippen molar-refractivity contribution in [2.45, 2.75) is 11.4 Å². The zero-order chi connectivity index (χ0) is 21.1. The standard InChI is InChI=1S/C21H16N4O3S2/c1-29-17-8-3-9-18-19(17)23-21(30-18)24(13-14-5-4-10-22-12-14)20(26)15-6-2-7-16(11-15)25(27)28/h2-12H,13H2,1H3. The fourth-order valence-corrected chi connectivity index (χ4v) is 4.62. The number of benzene rings is 2. The van der Waals surface area contributed by atoms with Crippen molar-refractivity contribution in [3.8, 4) is 0 Å². The average Bonchev–Trinajstić information content (AvgIpc) is 3.22. The molecule has 0 N–H and O–H groups in total. The Bertz CT molecular complexity index is 1230. The van der Waals surface area contributed by atoms with Crippen LogP contribution < -0.4 is 4.90 Å². The summed E-state index contributed by atoms with van der Waals surface area (Å²) in [4.78, 5) is 35.5. The van der Waals surface area contributed by atoms with Crippen LogP contribution in [0.15, 0.2) is 71.9 Å². The minimum atomic E-state index is -0.509. The van der Waals surface area contributed by atoms with Gasteiger partial charge in [-0.25, -0.2) is 4.98 Å². The van der Waals surface area contributed by atoms with Crippen molar-refractivity contribution in [1.82, 2.24) is 9.97 Å². The first-order valence-electron chi connectivity index (χ1n) is 8.95. The van der Waals surface area contributed by atoms with Crippen molar-refractivity contribution in [2.75, 3.05) is 11.2 Å². The van der Waals surface area contributed by atoms with E-state index in [9.17, 15) is 14.9 Å². The van der Waals surface area contributed by atoms with Crippen LogP contribution in [-0.2, 0) is 6.54 Å². The quantitative estimate of drug-likeness (QED) is 0.235. The first-order chi connectivity index (χ1) is 14.6. The Labute approximate surface area is 180 Å². The number of aromatic nitrogens is 2. The van der Waals surface area contributed by atoms with E-state index < -0.39 is 4.92 Å². The SMILES string of the molecule is CSc1cccc2sc(N(Cc3cccnc3)C(=O)c3cccc([N+](=O)[O-])c3)nc12. The number of rotatable bonds is 6. The summed E-state index contributed by atoms with van der Waals surface area (Å²) in [5, 5.41) is 11.7. The van der Waals surface area contributed by atoms with E-state index in [4.69, 9.17) is 4.98 Å². The minimum Gasteiger partial charge on any atom is -0.279 e. The number of nitrogens with zero attached hydrogens (tertiary/aromatic N) is 4. The highest BCUT2D eigenvalue weighted by Gasteiger charge is 2.24. The van der Waals surface area contributed by atoms with Gasteiger partial charge in [-0.1, -0.05) is 29.5 Å². The fraction of sp³-hybridized carbons (Fsp3) is 0.0952. The van der Waals surface area contributed by atoms with Gasteiger partial charge in [-0.05, 0) is 36.1 Å². The number of anilines is 1. The summed E-state index contributed by atoms with van der Waals surface area (Å²) in [7, 11) is 0. The molecule has 9 heteroatoms. The molecule has 7 nitrogen and oxygen atoms in total. The van der Waals surface area contributed by atoms with E-state index in [0.29, 0.717) is 5.13 Å².